The Balaban J connectivity index is 1.81. The lowest BCUT2D eigenvalue weighted by molar-refractivity contribution is -0.143. The summed E-state index contributed by atoms with van der Waals surface area (Å²) in [5.74, 6) is 0.621. The van der Waals surface area contributed by atoms with Crippen molar-refractivity contribution in [2.45, 2.75) is 38.8 Å². The van der Waals surface area contributed by atoms with Gasteiger partial charge in [0.1, 0.15) is 5.75 Å². The molecule has 0 radical (unpaired) electrons. The number of para-hydroxylation sites is 2. The molecule has 1 saturated heterocycles. The van der Waals surface area contributed by atoms with E-state index in [0.29, 0.717) is 44.2 Å². The fourth-order valence-corrected chi connectivity index (χ4v) is 3.07. The topological polar surface area (TPSA) is 75.2 Å². The molecule has 1 unspecified atom stereocenters. The molecule has 1 aromatic carbocycles. The summed E-state index contributed by atoms with van der Waals surface area (Å²) in [5.41, 5.74) is 0.657. The number of guanidine groups is 1. The van der Waals surface area contributed by atoms with E-state index in [4.69, 9.17) is 4.74 Å². The van der Waals surface area contributed by atoms with Crippen LogP contribution in [-0.2, 0) is 9.53 Å². The molecule has 0 spiro atoms. The fraction of sp³-hybridized carbons (Fsp3) is 0.579. The van der Waals surface area contributed by atoms with Gasteiger partial charge in [0.2, 0.25) is 0 Å². The Morgan fingerprint density at radius 3 is 2.89 bits per heavy atom. The number of alkyl halides is 2. The van der Waals surface area contributed by atoms with E-state index in [2.05, 4.69) is 20.4 Å². The average Bonchev–Trinajstić information content (AvgIpc) is 3.12. The Morgan fingerprint density at radius 1 is 1.39 bits per heavy atom. The normalized spacial score (nSPS) is 17.0. The number of carbonyl (C=O) groups is 1. The average molecular weight is 398 g/mol. The maximum absolute atomic E-state index is 12.6. The fourth-order valence-electron chi connectivity index (χ4n) is 3.07. The number of hydrogen-bond donors (Lipinski definition) is 2. The number of rotatable bonds is 9. The molecular weight excluding hydrogens is 370 g/mol. The van der Waals surface area contributed by atoms with Gasteiger partial charge in [-0.05, 0) is 31.9 Å². The second-order valence-electron chi connectivity index (χ2n) is 6.33. The van der Waals surface area contributed by atoms with Crippen LogP contribution in [0.15, 0.2) is 29.3 Å². The molecule has 2 N–H and O–H groups in total. The van der Waals surface area contributed by atoms with Gasteiger partial charge in [0.05, 0.1) is 12.3 Å². The molecule has 7 nitrogen and oxygen atoms in total. The highest BCUT2D eigenvalue weighted by molar-refractivity contribution is 5.80. The van der Waals surface area contributed by atoms with Gasteiger partial charge in [-0.25, -0.2) is 0 Å². The van der Waals surface area contributed by atoms with Crippen LogP contribution in [-0.4, -0.2) is 57.9 Å². The lowest BCUT2D eigenvalue weighted by Crippen LogP contribution is -2.45. The molecule has 1 aromatic rings. The van der Waals surface area contributed by atoms with Gasteiger partial charge in [0.25, 0.3) is 0 Å². The van der Waals surface area contributed by atoms with Crippen molar-refractivity contribution >= 4 is 17.6 Å². The molecule has 9 heteroatoms. The number of benzene rings is 1. The summed E-state index contributed by atoms with van der Waals surface area (Å²) in [7, 11) is 1.68. The maximum Gasteiger partial charge on any atom is 0.387 e. The Morgan fingerprint density at radius 2 is 2.18 bits per heavy atom. The predicted molar refractivity (Wildman–Crippen MR) is 104 cm³/mol. The highest BCUT2D eigenvalue weighted by Gasteiger charge is 2.26. The first kappa shape index (κ1) is 21.7. The summed E-state index contributed by atoms with van der Waals surface area (Å²) in [5, 5.41) is 6.51. The molecule has 0 aliphatic carbocycles. The Bertz CT molecular complexity index is 658. The largest absolute Gasteiger partial charge is 0.466 e. The molecule has 1 aliphatic heterocycles. The summed E-state index contributed by atoms with van der Waals surface area (Å²) >= 11 is 0. The van der Waals surface area contributed by atoms with Gasteiger partial charge in [-0.1, -0.05) is 12.1 Å². The number of nitrogens with zero attached hydrogens (tertiary/aromatic N) is 2. The molecule has 156 valence electrons. The highest BCUT2D eigenvalue weighted by atomic mass is 19.3. The van der Waals surface area contributed by atoms with Gasteiger partial charge >= 0.3 is 12.6 Å². The van der Waals surface area contributed by atoms with E-state index in [9.17, 15) is 13.6 Å². The van der Waals surface area contributed by atoms with Crippen LogP contribution >= 0.6 is 0 Å². The maximum atomic E-state index is 12.6. The van der Waals surface area contributed by atoms with Crippen molar-refractivity contribution in [1.29, 1.82) is 0 Å². The van der Waals surface area contributed by atoms with Crippen LogP contribution in [0.25, 0.3) is 0 Å². The van der Waals surface area contributed by atoms with Crippen molar-refractivity contribution < 1.29 is 23.0 Å². The smallest absolute Gasteiger partial charge is 0.387 e. The lowest BCUT2D eigenvalue weighted by atomic mass is 10.2. The molecule has 0 amide bonds. The SMILES string of the molecule is CCOC(=O)CCCNC(=NC)NC1CCN(c2ccccc2OC(F)F)C1. The second-order valence-corrected chi connectivity index (χ2v) is 6.33. The number of hydrogen-bond acceptors (Lipinski definition) is 5. The van der Waals surface area contributed by atoms with Gasteiger partial charge in [0, 0.05) is 39.1 Å². The third-order valence-electron chi connectivity index (χ3n) is 4.33. The Kier molecular flexibility index (Phi) is 8.77. The summed E-state index contributed by atoms with van der Waals surface area (Å²) in [6.07, 6.45) is 1.84. The molecular formula is C19H28F2N4O3. The number of carbonyl (C=O) groups excluding carboxylic acids is 1. The zero-order valence-electron chi connectivity index (χ0n) is 16.3. The monoisotopic (exact) mass is 398 g/mol. The number of nitrogens with one attached hydrogen (secondary N) is 2. The van der Waals surface area contributed by atoms with Crippen molar-refractivity contribution in [1.82, 2.24) is 10.6 Å². The van der Waals surface area contributed by atoms with Crippen molar-refractivity contribution in [2.24, 2.45) is 4.99 Å². The third kappa shape index (κ3) is 6.86. The number of halogens is 2. The van der Waals surface area contributed by atoms with Crippen LogP contribution in [0.3, 0.4) is 0 Å². The predicted octanol–water partition coefficient (Wildman–Crippen LogP) is 2.38. The number of anilines is 1. The molecule has 28 heavy (non-hydrogen) atoms. The van der Waals surface area contributed by atoms with Crippen LogP contribution in [0.5, 0.6) is 5.75 Å². The van der Waals surface area contributed by atoms with E-state index in [0.717, 1.165) is 13.0 Å². The van der Waals surface area contributed by atoms with Crippen LogP contribution in [0.2, 0.25) is 0 Å². The van der Waals surface area contributed by atoms with Crippen LogP contribution in [0, 0.1) is 0 Å². The summed E-state index contributed by atoms with van der Waals surface area (Å²) in [6, 6.07) is 6.93. The first-order valence-electron chi connectivity index (χ1n) is 9.45. The quantitative estimate of drug-likeness (QED) is 0.288. The van der Waals surface area contributed by atoms with E-state index in [1.807, 2.05) is 4.90 Å². The summed E-state index contributed by atoms with van der Waals surface area (Å²) in [6.45, 7) is 1.29. The molecule has 1 fully saturated rings. The lowest BCUT2D eigenvalue weighted by Gasteiger charge is -2.22. The minimum Gasteiger partial charge on any atom is -0.466 e. The van der Waals surface area contributed by atoms with Crippen LogP contribution < -0.4 is 20.3 Å². The Labute approximate surface area is 164 Å². The Hall–Kier alpha value is -2.58. The minimum atomic E-state index is -2.85. The molecule has 0 aromatic heterocycles. The van der Waals surface area contributed by atoms with Gasteiger partial charge < -0.3 is 25.0 Å². The third-order valence-corrected chi connectivity index (χ3v) is 4.33. The zero-order valence-corrected chi connectivity index (χ0v) is 16.3. The van der Waals surface area contributed by atoms with Crippen molar-refractivity contribution in [3.63, 3.8) is 0 Å². The second kappa shape index (κ2) is 11.3. The summed E-state index contributed by atoms with van der Waals surface area (Å²) < 4.78 is 34.8. The summed E-state index contributed by atoms with van der Waals surface area (Å²) in [4.78, 5) is 17.6. The van der Waals surface area contributed by atoms with Gasteiger partial charge in [-0.3, -0.25) is 9.79 Å². The van der Waals surface area contributed by atoms with E-state index in [1.54, 1.807) is 38.2 Å². The minimum absolute atomic E-state index is 0.121. The zero-order chi connectivity index (χ0) is 20.4. The van der Waals surface area contributed by atoms with Crippen molar-refractivity contribution in [3.8, 4) is 5.75 Å². The van der Waals surface area contributed by atoms with Gasteiger partial charge in [-0.2, -0.15) is 8.78 Å². The number of aliphatic imine (C=N–C) groups is 1. The molecule has 1 aliphatic rings. The van der Waals surface area contributed by atoms with E-state index in [-0.39, 0.29) is 17.8 Å². The van der Waals surface area contributed by atoms with Crippen molar-refractivity contribution in [3.05, 3.63) is 24.3 Å². The van der Waals surface area contributed by atoms with Gasteiger partial charge in [0.15, 0.2) is 5.96 Å². The van der Waals surface area contributed by atoms with Crippen molar-refractivity contribution in [2.75, 3.05) is 38.2 Å². The molecule has 0 saturated carbocycles. The van der Waals surface area contributed by atoms with Crippen LogP contribution in [0.1, 0.15) is 26.2 Å². The molecule has 0 bridgehead atoms. The van der Waals surface area contributed by atoms with Crippen LogP contribution in [0.4, 0.5) is 14.5 Å². The number of ether oxygens (including phenoxy) is 2. The highest BCUT2D eigenvalue weighted by Crippen LogP contribution is 2.31. The first-order chi connectivity index (χ1) is 13.5. The number of esters is 1. The first-order valence-corrected chi connectivity index (χ1v) is 9.45. The van der Waals surface area contributed by atoms with E-state index < -0.39 is 6.61 Å². The van der Waals surface area contributed by atoms with E-state index in [1.165, 1.54) is 0 Å². The molecule has 1 heterocycles. The molecule has 1 atom stereocenters. The standard InChI is InChI=1S/C19H28F2N4O3/c1-3-27-17(26)9-6-11-23-19(22-2)24-14-10-12-25(13-14)15-7-4-5-8-16(15)28-18(20)21/h4-5,7-8,14,18H,3,6,9-13H2,1-2H3,(H2,22,23,24). The molecule has 2 rings (SSSR count). The van der Waals surface area contributed by atoms with E-state index >= 15 is 0 Å². The van der Waals surface area contributed by atoms with Gasteiger partial charge in [-0.15, -0.1) is 0 Å².